The van der Waals surface area contributed by atoms with Crippen LogP contribution < -0.4 is 5.32 Å². The maximum absolute atomic E-state index is 14.9. The van der Waals surface area contributed by atoms with Gasteiger partial charge in [-0.1, -0.05) is 20.3 Å². The molecule has 0 aliphatic carbocycles. The number of aromatic nitrogens is 2. The molecule has 8 heteroatoms. The molecule has 4 rings (SSSR count). The zero-order valence-electron chi connectivity index (χ0n) is 18.9. The summed E-state index contributed by atoms with van der Waals surface area (Å²) in [5.41, 5.74) is 1.52. The number of nitrogens with zero attached hydrogens (tertiary/aromatic N) is 2. The number of hydrogen-bond acceptors (Lipinski definition) is 5. The van der Waals surface area contributed by atoms with Crippen molar-refractivity contribution in [1.29, 1.82) is 0 Å². The van der Waals surface area contributed by atoms with Gasteiger partial charge in [-0.3, -0.25) is 0 Å². The largest absolute Gasteiger partial charge is 0.465 e. The molecule has 0 amide bonds. The molecule has 2 aromatic heterocycles. The van der Waals surface area contributed by atoms with Crippen LogP contribution in [0.5, 0.6) is 0 Å². The first-order valence-electron chi connectivity index (χ1n) is 10.7. The summed E-state index contributed by atoms with van der Waals surface area (Å²) in [5.74, 6) is -2.48. The van der Waals surface area contributed by atoms with Crippen molar-refractivity contribution in [2.45, 2.75) is 39.8 Å². The van der Waals surface area contributed by atoms with E-state index in [1.54, 1.807) is 16.8 Å². The SMILES string of the molecule is CCC.COC(=O)c1cc(F)c(-c2cc3cc(C)cnc3n2C[C@H]2CNCCO2)c(F)c1. The minimum absolute atomic E-state index is 0.151. The standard InChI is InChI=1S/C21H21F2N3O3.C3H8/c1-12-5-13-8-18(19-16(22)6-14(7-17(19)23)21(27)28-2)26(20(13)25-9-12)11-15-10-24-3-4-29-15;1-3-2/h5-9,15,24H,3-4,10-11H2,1-2H3;3H2,1-2H3/t15-;/m1./s1. The van der Waals surface area contributed by atoms with E-state index in [1.165, 1.54) is 6.42 Å². The summed E-state index contributed by atoms with van der Waals surface area (Å²) in [4.78, 5) is 16.2. The van der Waals surface area contributed by atoms with Crippen LogP contribution in [0.4, 0.5) is 8.78 Å². The van der Waals surface area contributed by atoms with Crippen molar-refractivity contribution in [2.75, 3.05) is 26.8 Å². The van der Waals surface area contributed by atoms with Crippen molar-refractivity contribution in [3.05, 3.63) is 53.2 Å². The molecule has 1 fully saturated rings. The third kappa shape index (κ3) is 5.14. The number of morpholine rings is 1. The van der Waals surface area contributed by atoms with Gasteiger partial charge in [0.2, 0.25) is 0 Å². The van der Waals surface area contributed by atoms with Gasteiger partial charge in [0.15, 0.2) is 0 Å². The molecule has 1 aliphatic heterocycles. The molecule has 0 radical (unpaired) electrons. The lowest BCUT2D eigenvalue weighted by Gasteiger charge is -2.25. The number of nitrogens with one attached hydrogen (secondary N) is 1. The highest BCUT2D eigenvalue weighted by Crippen LogP contribution is 2.33. The van der Waals surface area contributed by atoms with Crippen LogP contribution in [-0.2, 0) is 16.0 Å². The third-order valence-corrected chi connectivity index (χ3v) is 4.98. The Bertz CT molecular complexity index is 1070. The number of pyridine rings is 1. The van der Waals surface area contributed by atoms with Crippen LogP contribution in [0.15, 0.2) is 30.5 Å². The van der Waals surface area contributed by atoms with Crippen LogP contribution >= 0.6 is 0 Å². The molecule has 1 atom stereocenters. The Morgan fingerprint density at radius 2 is 1.94 bits per heavy atom. The maximum Gasteiger partial charge on any atom is 0.338 e. The third-order valence-electron chi connectivity index (χ3n) is 4.98. The summed E-state index contributed by atoms with van der Waals surface area (Å²) in [7, 11) is 1.16. The number of rotatable bonds is 4. The summed E-state index contributed by atoms with van der Waals surface area (Å²) in [6.45, 7) is 8.52. The normalized spacial score (nSPS) is 15.9. The number of ether oxygens (including phenoxy) is 2. The van der Waals surface area contributed by atoms with E-state index in [4.69, 9.17) is 4.74 Å². The topological polar surface area (TPSA) is 65.4 Å². The van der Waals surface area contributed by atoms with Gasteiger partial charge in [0.25, 0.3) is 0 Å². The van der Waals surface area contributed by atoms with Gasteiger partial charge >= 0.3 is 5.97 Å². The Labute approximate surface area is 186 Å². The van der Waals surface area contributed by atoms with Crippen molar-refractivity contribution in [1.82, 2.24) is 14.9 Å². The predicted octanol–water partition coefficient (Wildman–Crippen LogP) is 4.48. The summed E-state index contributed by atoms with van der Waals surface area (Å²) in [6.07, 6.45) is 2.82. The fourth-order valence-electron chi connectivity index (χ4n) is 3.64. The molecule has 0 bridgehead atoms. The maximum atomic E-state index is 14.9. The summed E-state index contributed by atoms with van der Waals surface area (Å²) in [5, 5.41) is 4.03. The number of fused-ring (bicyclic) bond motifs is 1. The lowest BCUT2D eigenvalue weighted by atomic mass is 10.1. The van der Waals surface area contributed by atoms with E-state index in [0.717, 1.165) is 36.7 Å². The van der Waals surface area contributed by atoms with Crippen molar-refractivity contribution in [2.24, 2.45) is 0 Å². The second-order valence-corrected chi connectivity index (χ2v) is 7.78. The average molecular weight is 446 g/mol. The fraction of sp³-hybridized carbons (Fsp3) is 0.417. The lowest BCUT2D eigenvalue weighted by molar-refractivity contribution is 0.0191. The highest BCUT2D eigenvalue weighted by molar-refractivity contribution is 5.91. The van der Waals surface area contributed by atoms with E-state index >= 15 is 0 Å². The summed E-state index contributed by atoms with van der Waals surface area (Å²) >= 11 is 0. The fourth-order valence-corrected chi connectivity index (χ4v) is 3.64. The van der Waals surface area contributed by atoms with Gasteiger partial charge in [0, 0.05) is 24.7 Å². The molecule has 0 spiro atoms. The van der Waals surface area contributed by atoms with Crippen LogP contribution in [0.25, 0.3) is 22.3 Å². The van der Waals surface area contributed by atoms with E-state index in [9.17, 15) is 13.6 Å². The van der Waals surface area contributed by atoms with Gasteiger partial charge in [-0.2, -0.15) is 0 Å². The number of carbonyl (C=O) groups excluding carboxylic acids is 1. The molecule has 1 aromatic carbocycles. The highest BCUT2D eigenvalue weighted by Gasteiger charge is 2.24. The van der Waals surface area contributed by atoms with Crippen molar-refractivity contribution < 1.29 is 23.0 Å². The number of hydrogen-bond donors (Lipinski definition) is 1. The molecule has 6 nitrogen and oxygen atoms in total. The number of halogens is 2. The number of esters is 1. The molecule has 1 saturated heterocycles. The van der Waals surface area contributed by atoms with E-state index in [-0.39, 0.29) is 17.2 Å². The molecule has 1 N–H and O–H groups in total. The molecule has 32 heavy (non-hydrogen) atoms. The Hall–Kier alpha value is -2.84. The lowest BCUT2D eigenvalue weighted by Crippen LogP contribution is -2.40. The van der Waals surface area contributed by atoms with Crippen LogP contribution in [-0.4, -0.2) is 48.4 Å². The van der Waals surface area contributed by atoms with Crippen LogP contribution in [0.1, 0.15) is 36.2 Å². The number of aryl methyl sites for hydroxylation is 1. The van der Waals surface area contributed by atoms with Crippen LogP contribution in [0.3, 0.4) is 0 Å². The Morgan fingerprint density at radius 1 is 1.25 bits per heavy atom. The zero-order valence-corrected chi connectivity index (χ0v) is 18.9. The van der Waals surface area contributed by atoms with E-state index in [2.05, 4.69) is 28.9 Å². The number of carbonyl (C=O) groups is 1. The second-order valence-electron chi connectivity index (χ2n) is 7.78. The van der Waals surface area contributed by atoms with Gasteiger partial charge in [-0.25, -0.2) is 18.6 Å². The van der Waals surface area contributed by atoms with Gasteiger partial charge in [-0.15, -0.1) is 0 Å². The average Bonchev–Trinajstić information content (AvgIpc) is 3.10. The van der Waals surface area contributed by atoms with Gasteiger partial charge in [0.05, 0.1) is 43.2 Å². The number of benzene rings is 1. The van der Waals surface area contributed by atoms with Gasteiger partial charge < -0.3 is 19.4 Å². The quantitative estimate of drug-likeness (QED) is 0.600. The molecular weight excluding hydrogens is 416 g/mol. The molecule has 1 aliphatic rings. The molecule has 172 valence electrons. The molecular formula is C24H29F2N3O3. The summed E-state index contributed by atoms with van der Waals surface area (Å²) < 4.78 is 42.0. The molecule has 0 saturated carbocycles. The monoisotopic (exact) mass is 445 g/mol. The van der Waals surface area contributed by atoms with Crippen LogP contribution in [0.2, 0.25) is 0 Å². The van der Waals surface area contributed by atoms with E-state index < -0.39 is 17.6 Å². The Morgan fingerprint density at radius 3 is 2.53 bits per heavy atom. The van der Waals surface area contributed by atoms with Gasteiger partial charge in [0.1, 0.15) is 17.3 Å². The van der Waals surface area contributed by atoms with Crippen molar-refractivity contribution >= 4 is 17.0 Å². The second kappa shape index (κ2) is 10.7. The molecule has 0 unspecified atom stereocenters. The minimum atomic E-state index is -0.839. The first kappa shape index (κ1) is 23.8. The Kier molecular flexibility index (Phi) is 7.93. The highest BCUT2D eigenvalue weighted by atomic mass is 19.1. The predicted molar refractivity (Wildman–Crippen MR) is 120 cm³/mol. The van der Waals surface area contributed by atoms with Gasteiger partial charge in [-0.05, 0) is 36.8 Å². The van der Waals surface area contributed by atoms with Crippen molar-refractivity contribution in [3.63, 3.8) is 0 Å². The van der Waals surface area contributed by atoms with Crippen LogP contribution in [0, 0.1) is 18.6 Å². The molecule has 3 heterocycles. The summed E-state index contributed by atoms with van der Waals surface area (Å²) in [6, 6.07) is 5.61. The first-order chi connectivity index (χ1) is 15.4. The Balaban J connectivity index is 0.000000913. The molecule has 3 aromatic rings. The smallest absolute Gasteiger partial charge is 0.338 e. The van der Waals surface area contributed by atoms with E-state index in [1.807, 2.05) is 13.0 Å². The van der Waals surface area contributed by atoms with E-state index in [0.29, 0.717) is 31.0 Å². The first-order valence-corrected chi connectivity index (χ1v) is 10.7. The number of methoxy groups -OCH3 is 1. The van der Waals surface area contributed by atoms with Crippen molar-refractivity contribution in [3.8, 4) is 11.3 Å². The zero-order chi connectivity index (χ0) is 23.3. The minimum Gasteiger partial charge on any atom is -0.465 e.